The lowest BCUT2D eigenvalue weighted by molar-refractivity contribution is -0.328. The number of carbonyl (C=O) groups excluding carboxylic acids is 1. The van der Waals surface area contributed by atoms with E-state index in [9.17, 15) is 25.2 Å². The predicted molar refractivity (Wildman–Crippen MR) is 91.8 cm³/mol. The number of methoxy groups -OCH3 is 1. The molecule has 7 heteroatoms. The van der Waals surface area contributed by atoms with Crippen LogP contribution in [0, 0.1) is 28.6 Å². The maximum absolute atomic E-state index is 12.3. The highest BCUT2D eigenvalue weighted by Crippen LogP contribution is 2.79. The molecule has 4 N–H and O–H groups in total. The fourth-order valence-corrected chi connectivity index (χ4v) is 9.07. The van der Waals surface area contributed by atoms with Crippen LogP contribution >= 0.6 is 11.8 Å². The molecule has 0 amide bonds. The zero-order chi connectivity index (χ0) is 18.6. The summed E-state index contributed by atoms with van der Waals surface area (Å²) in [4.78, 5) is 12.3. The minimum atomic E-state index is -1.67. The van der Waals surface area contributed by atoms with Gasteiger partial charge >= 0.3 is 5.97 Å². The summed E-state index contributed by atoms with van der Waals surface area (Å²) in [6.07, 6.45) is -0.258. The lowest BCUT2D eigenvalue weighted by atomic mass is 9.37. The van der Waals surface area contributed by atoms with Gasteiger partial charge in [-0.2, -0.15) is 0 Å². The van der Waals surface area contributed by atoms with E-state index in [0.29, 0.717) is 0 Å². The van der Waals surface area contributed by atoms with Crippen molar-refractivity contribution >= 4 is 17.7 Å². The summed E-state index contributed by atoms with van der Waals surface area (Å²) in [6, 6.07) is 0. The van der Waals surface area contributed by atoms with Crippen LogP contribution in [0.3, 0.4) is 0 Å². The standard InChI is InChI=1S/C18H28O6S/c1-15(2)5-8-9(6-15)16(3)13-17(7-19,10(8)20)25-11(12(21)24-4)18(13,23)14(16)22/h8-11,13-14,19-20,22-23H,5-7H2,1-4H3/t8-,9+,10+,11-,13?,14+,16-,17+,18-/m1/s1. The zero-order valence-electron chi connectivity index (χ0n) is 15.1. The SMILES string of the molecule is COC(=O)[C@H]1S[C@]2(CO)C3[C@@](C)([C@H]4CC(C)(C)C[C@H]4[C@@H]2O)[C@H](O)[C@]31O. The number of hydrogen-bond donors (Lipinski definition) is 4. The lowest BCUT2D eigenvalue weighted by Crippen LogP contribution is -2.83. The molecule has 3 aliphatic carbocycles. The Balaban J connectivity index is 1.86. The number of hydrogen-bond acceptors (Lipinski definition) is 7. The van der Waals surface area contributed by atoms with E-state index >= 15 is 0 Å². The second kappa shape index (κ2) is 4.93. The van der Waals surface area contributed by atoms with Gasteiger partial charge in [0.1, 0.15) is 10.9 Å². The van der Waals surface area contributed by atoms with Crippen molar-refractivity contribution in [3.05, 3.63) is 0 Å². The Hall–Kier alpha value is -0.340. The van der Waals surface area contributed by atoms with Crippen LogP contribution in [0.15, 0.2) is 0 Å². The van der Waals surface area contributed by atoms with Gasteiger partial charge in [-0.15, -0.1) is 11.8 Å². The molecule has 0 aromatic carbocycles. The molecule has 1 unspecified atom stereocenters. The summed E-state index contributed by atoms with van der Waals surface area (Å²) in [7, 11) is 1.25. The van der Waals surface area contributed by atoms with Crippen molar-refractivity contribution < 1.29 is 30.0 Å². The summed E-state index contributed by atoms with van der Waals surface area (Å²) in [5, 5.41) is 42.9. The third kappa shape index (κ3) is 1.75. The molecule has 3 saturated carbocycles. The number of aliphatic hydroxyl groups is 4. The van der Waals surface area contributed by atoms with E-state index in [2.05, 4.69) is 13.8 Å². The molecule has 0 aromatic rings. The van der Waals surface area contributed by atoms with Crippen LogP contribution in [-0.4, -0.2) is 67.9 Å². The third-order valence-corrected chi connectivity index (χ3v) is 9.65. The maximum atomic E-state index is 12.3. The summed E-state index contributed by atoms with van der Waals surface area (Å²) >= 11 is 1.10. The van der Waals surface area contributed by atoms with Gasteiger partial charge in [0.05, 0.1) is 30.7 Å². The summed E-state index contributed by atoms with van der Waals surface area (Å²) < 4.78 is 3.79. The summed E-state index contributed by atoms with van der Waals surface area (Å²) in [6.45, 7) is 5.92. The number of rotatable bonds is 2. The molecule has 0 aromatic heterocycles. The van der Waals surface area contributed by atoms with Crippen LogP contribution in [0.5, 0.6) is 0 Å². The van der Waals surface area contributed by atoms with Gasteiger partial charge in [0.25, 0.3) is 0 Å². The quantitative estimate of drug-likeness (QED) is 0.512. The Bertz CT molecular complexity index is 625. The van der Waals surface area contributed by atoms with Crippen molar-refractivity contribution in [3.63, 3.8) is 0 Å². The van der Waals surface area contributed by atoms with Gasteiger partial charge in [-0.3, -0.25) is 4.79 Å². The first-order valence-electron chi connectivity index (χ1n) is 8.95. The summed E-state index contributed by atoms with van der Waals surface area (Å²) in [5.41, 5.74) is -2.27. The highest BCUT2D eigenvalue weighted by atomic mass is 32.2. The van der Waals surface area contributed by atoms with Gasteiger partial charge in [-0.05, 0) is 30.1 Å². The van der Waals surface area contributed by atoms with E-state index < -0.39 is 45.1 Å². The molecule has 142 valence electrons. The number of carbonyl (C=O) groups is 1. The molecule has 0 spiro atoms. The average Bonchev–Trinajstić information content (AvgIpc) is 3.04. The van der Waals surface area contributed by atoms with Gasteiger partial charge < -0.3 is 25.2 Å². The van der Waals surface area contributed by atoms with Crippen molar-refractivity contribution in [1.29, 1.82) is 0 Å². The second-order valence-electron chi connectivity index (χ2n) is 9.51. The first-order valence-corrected chi connectivity index (χ1v) is 9.83. The number of thioether (sulfide) groups is 1. The predicted octanol–water partition coefficient (Wildman–Crippen LogP) is 0.161. The Labute approximate surface area is 151 Å². The Morgan fingerprint density at radius 2 is 1.88 bits per heavy atom. The third-order valence-electron chi connectivity index (χ3n) is 7.80. The van der Waals surface area contributed by atoms with Crippen molar-refractivity contribution in [2.24, 2.45) is 28.6 Å². The molecular weight excluding hydrogens is 344 g/mol. The minimum Gasteiger partial charge on any atom is -0.468 e. The van der Waals surface area contributed by atoms with Crippen molar-refractivity contribution in [2.75, 3.05) is 13.7 Å². The number of aliphatic hydroxyl groups excluding tert-OH is 3. The molecule has 4 aliphatic rings. The highest BCUT2D eigenvalue weighted by molar-refractivity contribution is 8.02. The molecule has 1 aliphatic heterocycles. The topological polar surface area (TPSA) is 107 Å². The van der Waals surface area contributed by atoms with Gasteiger partial charge in [-0.1, -0.05) is 20.8 Å². The van der Waals surface area contributed by atoms with Gasteiger partial charge in [0.2, 0.25) is 0 Å². The summed E-state index contributed by atoms with van der Waals surface area (Å²) in [5.74, 6) is -1.18. The molecule has 1 saturated heterocycles. The molecule has 4 fully saturated rings. The van der Waals surface area contributed by atoms with Crippen molar-refractivity contribution in [3.8, 4) is 0 Å². The molecule has 9 atom stereocenters. The molecule has 4 rings (SSSR count). The van der Waals surface area contributed by atoms with E-state index in [4.69, 9.17) is 4.74 Å². The van der Waals surface area contributed by atoms with Crippen LogP contribution < -0.4 is 0 Å². The van der Waals surface area contributed by atoms with Crippen LogP contribution in [0.1, 0.15) is 33.6 Å². The number of esters is 1. The zero-order valence-corrected chi connectivity index (χ0v) is 15.9. The smallest absolute Gasteiger partial charge is 0.321 e. The first kappa shape index (κ1) is 18.0. The van der Waals surface area contributed by atoms with E-state index in [-0.39, 0.29) is 23.9 Å². The fraction of sp³-hybridized carbons (Fsp3) is 0.944. The largest absolute Gasteiger partial charge is 0.468 e. The van der Waals surface area contributed by atoms with E-state index in [1.165, 1.54) is 7.11 Å². The molecule has 25 heavy (non-hydrogen) atoms. The Morgan fingerprint density at radius 3 is 2.44 bits per heavy atom. The van der Waals surface area contributed by atoms with Gasteiger partial charge in [0.15, 0.2) is 0 Å². The number of ether oxygens (including phenoxy) is 1. The fourth-order valence-electron chi connectivity index (χ4n) is 7.02. The highest BCUT2D eigenvalue weighted by Gasteiger charge is 2.87. The van der Waals surface area contributed by atoms with E-state index in [1.54, 1.807) is 0 Å². The Morgan fingerprint density at radius 1 is 1.24 bits per heavy atom. The minimum absolute atomic E-state index is 0.0362. The van der Waals surface area contributed by atoms with Gasteiger partial charge in [-0.25, -0.2) is 0 Å². The Kier molecular flexibility index (Phi) is 3.56. The molecule has 0 bridgehead atoms. The molecule has 6 nitrogen and oxygen atoms in total. The van der Waals surface area contributed by atoms with Crippen molar-refractivity contribution in [1.82, 2.24) is 0 Å². The van der Waals surface area contributed by atoms with E-state index in [1.807, 2.05) is 6.92 Å². The van der Waals surface area contributed by atoms with Crippen molar-refractivity contribution in [2.45, 2.75) is 61.4 Å². The molecular formula is C18H28O6S. The monoisotopic (exact) mass is 372 g/mol. The average molecular weight is 372 g/mol. The molecule has 0 radical (unpaired) electrons. The van der Waals surface area contributed by atoms with E-state index in [0.717, 1.165) is 24.6 Å². The van der Waals surface area contributed by atoms with Crippen LogP contribution in [-0.2, 0) is 9.53 Å². The number of fused-ring (bicyclic) bond motifs is 2. The van der Waals surface area contributed by atoms with Gasteiger partial charge in [0, 0.05) is 11.3 Å². The van der Waals surface area contributed by atoms with Crippen LogP contribution in [0.2, 0.25) is 0 Å². The van der Waals surface area contributed by atoms with Crippen LogP contribution in [0.4, 0.5) is 0 Å². The maximum Gasteiger partial charge on any atom is 0.321 e. The lowest BCUT2D eigenvalue weighted by Gasteiger charge is -2.70. The second-order valence-corrected chi connectivity index (χ2v) is 11.0. The normalized spacial score (nSPS) is 58.2. The first-order chi connectivity index (χ1) is 11.5. The molecule has 1 heterocycles. The van der Waals surface area contributed by atoms with Crippen LogP contribution in [0.25, 0.3) is 0 Å².